The van der Waals surface area contributed by atoms with E-state index in [1.807, 2.05) is 24.5 Å². The van der Waals surface area contributed by atoms with Crippen LogP contribution in [0.2, 0.25) is 0 Å². The van der Waals surface area contributed by atoms with E-state index in [0.29, 0.717) is 6.42 Å². The molecule has 0 unspecified atom stereocenters. The van der Waals surface area contributed by atoms with Gasteiger partial charge in [0, 0.05) is 49.4 Å². The van der Waals surface area contributed by atoms with Crippen molar-refractivity contribution in [2.45, 2.75) is 38.8 Å². The number of fused-ring (bicyclic) bond motifs is 1. The molecule has 2 aliphatic rings. The van der Waals surface area contributed by atoms with Crippen LogP contribution >= 0.6 is 0 Å². The number of rotatable bonds is 3. The summed E-state index contributed by atoms with van der Waals surface area (Å²) in [5, 5.41) is 6.44. The quantitative estimate of drug-likeness (QED) is 0.887. The van der Waals surface area contributed by atoms with Crippen LogP contribution in [-0.4, -0.2) is 45.9 Å². The summed E-state index contributed by atoms with van der Waals surface area (Å²) in [6, 6.07) is 6.06. The minimum Gasteiger partial charge on any atom is -0.326 e. The summed E-state index contributed by atoms with van der Waals surface area (Å²) in [4.78, 5) is 23.1. The minimum absolute atomic E-state index is 0.0884. The second-order valence-electron chi connectivity index (χ2n) is 7.83. The van der Waals surface area contributed by atoms with E-state index in [4.69, 9.17) is 0 Å². The van der Waals surface area contributed by atoms with Gasteiger partial charge in [-0.05, 0) is 38.0 Å². The lowest BCUT2D eigenvalue weighted by Gasteiger charge is -2.38. The second-order valence-corrected chi connectivity index (χ2v) is 7.83. The first-order valence-electron chi connectivity index (χ1n) is 9.20. The van der Waals surface area contributed by atoms with Crippen LogP contribution in [-0.2, 0) is 17.8 Å². The van der Waals surface area contributed by atoms with Crippen molar-refractivity contribution in [3.8, 4) is 11.3 Å². The standard InChI is InChI=1S/C20H25N5O/c1-20(2)13-25(8-7-23-20)12-16-10-22-18(11-21-16)15-3-5-17-14(9-15)4-6-19(26)24-17/h3,5,9-11,23H,4,6-8,12-13H2,1-2H3,(H,24,26). The van der Waals surface area contributed by atoms with Gasteiger partial charge >= 0.3 is 0 Å². The maximum Gasteiger partial charge on any atom is 0.224 e. The first-order chi connectivity index (χ1) is 12.5. The van der Waals surface area contributed by atoms with Crippen LogP contribution in [0.15, 0.2) is 30.6 Å². The number of aromatic nitrogens is 2. The molecule has 2 N–H and O–H groups in total. The summed E-state index contributed by atoms with van der Waals surface area (Å²) in [5.41, 5.74) is 5.13. The molecule has 2 aliphatic heterocycles. The molecule has 1 saturated heterocycles. The number of carbonyl (C=O) groups excluding carboxylic acids is 1. The van der Waals surface area contributed by atoms with Crippen molar-refractivity contribution in [2.24, 2.45) is 0 Å². The second kappa shape index (κ2) is 6.78. The average Bonchev–Trinajstić information content (AvgIpc) is 2.61. The molecule has 1 aromatic heterocycles. The molecule has 6 heteroatoms. The zero-order valence-corrected chi connectivity index (χ0v) is 15.4. The number of aryl methyl sites for hydroxylation is 1. The zero-order valence-electron chi connectivity index (χ0n) is 15.4. The van der Waals surface area contributed by atoms with Crippen molar-refractivity contribution in [3.05, 3.63) is 41.9 Å². The van der Waals surface area contributed by atoms with Gasteiger partial charge in [-0.15, -0.1) is 0 Å². The van der Waals surface area contributed by atoms with Gasteiger partial charge in [-0.1, -0.05) is 6.07 Å². The molecule has 0 radical (unpaired) electrons. The normalized spacial score (nSPS) is 19.7. The Morgan fingerprint density at radius 1 is 1.19 bits per heavy atom. The molecule has 0 aliphatic carbocycles. The van der Waals surface area contributed by atoms with Gasteiger partial charge in [0.2, 0.25) is 5.91 Å². The highest BCUT2D eigenvalue weighted by Crippen LogP contribution is 2.27. The Bertz CT molecular complexity index is 815. The lowest BCUT2D eigenvalue weighted by atomic mass is 9.99. The third-order valence-corrected chi connectivity index (χ3v) is 5.04. The Labute approximate surface area is 154 Å². The smallest absolute Gasteiger partial charge is 0.224 e. The summed E-state index contributed by atoms with van der Waals surface area (Å²) in [5.74, 6) is 0.0884. The molecular formula is C20H25N5O. The number of hydrogen-bond donors (Lipinski definition) is 2. The number of amides is 1. The predicted molar refractivity (Wildman–Crippen MR) is 102 cm³/mol. The number of carbonyl (C=O) groups is 1. The molecular weight excluding hydrogens is 326 g/mol. The van der Waals surface area contributed by atoms with Crippen molar-refractivity contribution in [3.63, 3.8) is 0 Å². The molecule has 3 heterocycles. The molecule has 136 valence electrons. The van der Waals surface area contributed by atoms with E-state index < -0.39 is 0 Å². The zero-order chi connectivity index (χ0) is 18.1. The van der Waals surface area contributed by atoms with Crippen molar-refractivity contribution in [1.29, 1.82) is 0 Å². The lowest BCUT2D eigenvalue weighted by molar-refractivity contribution is -0.116. The number of nitrogens with zero attached hydrogens (tertiary/aromatic N) is 3. The van der Waals surface area contributed by atoms with Gasteiger partial charge in [-0.25, -0.2) is 0 Å². The molecule has 6 nitrogen and oxygen atoms in total. The third kappa shape index (κ3) is 3.76. The number of piperazine rings is 1. The summed E-state index contributed by atoms with van der Waals surface area (Å²) < 4.78 is 0. The van der Waals surface area contributed by atoms with Gasteiger partial charge < -0.3 is 10.6 Å². The largest absolute Gasteiger partial charge is 0.326 e. The molecule has 4 rings (SSSR count). The molecule has 1 amide bonds. The molecule has 26 heavy (non-hydrogen) atoms. The fraction of sp³-hybridized carbons (Fsp3) is 0.450. The van der Waals surface area contributed by atoms with Crippen LogP contribution in [0.4, 0.5) is 5.69 Å². The molecule has 0 atom stereocenters. The number of benzene rings is 1. The van der Waals surface area contributed by atoms with Crippen molar-refractivity contribution in [1.82, 2.24) is 20.2 Å². The molecule has 0 bridgehead atoms. The summed E-state index contributed by atoms with van der Waals surface area (Å²) in [6.07, 6.45) is 5.05. The van der Waals surface area contributed by atoms with Crippen molar-refractivity contribution in [2.75, 3.05) is 25.0 Å². The first-order valence-corrected chi connectivity index (χ1v) is 9.20. The maximum atomic E-state index is 11.5. The third-order valence-electron chi connectivity index (χ3n) is 5.04. The topological polar surface area (TPSA) is 70.2 Å². The maximum absolute atomic E-state index is 11.5. The Morgan fingerprint density at radius 2 is 2.08 bits per heavy atom. The van der Waals surface area contributed by atoms with Crippen LogP contribution in [0, 0.1) is 0 Å². The Kier molecular flexibility index (Phi) is 4.46. The van der Waals surface area contributed by atoms with Crippen LogP contribution in [0.25, 0.3) is 11.3 Å². The van der Waals surface area contributed by atoms with E-state index in [1.54, 1.807) is 0 Å². The summed E-state index contributed by atoms with van der Waals surface area (Å²) in [6.45, 7) is 8.33. The van der Waals surface area contributed by atoms with E-state index in [9.17, 15) is 4.79 Å². The van der Waals surface area contributed by atoms with E-state index in [-0.39, 0.29) is 11.4 Å². The molecule has 2 aromatic rings. The number of hydrogen-bond acceptors (Lipinski definition) is 5. The monoisotopic (exact) mass is 351 g/mol. The van der Waals surface area contributed by atoms with Gasteiger partial charge in [0.15, 0.2) is 0 Å². The van der Waals surface area contributed by atoms with Crippen LogP contribution in [0.3, 0.4) is 0 Å². The highest BCUT2D eigenvalue weighted by molar-refractivity contribution is 5.94. The SMILES string of the molecule is CC1(C)CN(Cc2cnc(-c3ccc4c(c3)CCC(=O)N4)cn2)CCN1. The minimum atomic E-state index is 0.0884. The predicted octanol–water partition coefficient (Wildman–Crippen LogP) is 2.21. The fourth-order valence-corrected chi connectivity index (χ4v) is 3.74. The summed E-state index contributed by atoms with van der Waals surface area (Å²) >= 11 is 0. The van der Waals surface area contributed by atoms with E-state index >= 15 is 0 Å². The Hall–Kier alpha value is -2.31. The number of anilines is 1. The number of nitrogens with one attached hydrogen (secondary N) is 2. The van der Waals surface area contributed by atoms with Gasteiger partial charge in [-0.3, -0.25) is 19.7 Å². The molecule has 1 aromatic carbocycles. The van der Waals surface area contributed by atoms with Gasteiger partial charge in [0.1, 0.15) is 0 Å². The van der Waals surface area contributed by atoms with Crippen LogP contribution < -0.4 is 10.6 Å². The average molecular weight is 351 g/mol. The highest BCUT2D eigenvalue weighted by atomic mass is 16.1. The van der Waals surface area contributed by atoms with Gasteiger partial charge in [-0.2, -0.15) is 0 Å². The molecule has 0 spiro atoms. The van der Waals surface area contributed by atoms with Crippen molar-refractivity contribution < 1.29 is 4.79 Å². The molecule has 1 fully saturated rings. The first kappa shape index (κ1) is 17.1. The van der Waals surface area contributed by atoms with Crippen molar-refractivity contribution >= 4 is 11.6 Å². The summed E-state index contributed by atoms with van der Waals surface area (Å²) in [7, 11) is 0. The van der Waals surface area contributed by atoms with E-state index in [2.05, 4.69) is 45.4 Å². The lowest BCUT2D eigenvalue weighted by Crippen LogP contribution is -2.56. The Balaban J connectivity index is 1.47. The van der Waals surface area contributed by atoms with Crippen LogP contribution in [0.5, 0.6) is 0 Å². The molecule has 0 saturated carbocycles. The Morgan fingerprint density at radius 3 is 2.85 bits per heavy atom. The van der Waals surface area contributed by atoms with E-state index in [1.165, 1.54) is 0 Å². The fourth-order valence-electron chi connectivity index (χ4n) is 3.74. The van der Waals surface area contributed by atoms with Gasteiger partial charge in [0.05, 0.1) is 23.8 Å². The van der Waals surface area contributed by atoms with Gasteiger partial charge in [0.25, 0.3) is 0 Å². The van der Waals surface area contributed by atoms with E-state index in [0.717, 1.165) is 60.8 Å². The highest BCUT2D eigenvalue weighted by Gasteiger charge is 2.25. The van der Waals surface area contributed by atoms with Crippen LogP contribution in [0.1, 0.15) is 31.5 Å².